The lowest BCUT2D eigenvalue weighted by Crippen LogP contribution is -2.40. The summed E-state index contributed by atoms with van der Waals surface area (Å²) in [4.78, 5) is 14.2. The maximum absolute atomic E-state index is 12.0. The third-order valence-corrected chi connectivity index (χ3v) is 4.33. The van der Waals surface area contributed by atoms with Crippen LogP contribution in [0.4, 0.5) is 0 Å². The van der Waals surface area contributed by atoms with E-state index in [9.17, 15) is 4.79 Å². The van der Waals surface area contributed by atoms with Gasteiger partial charge in [-0.05, 0) is 24.7 Å². The number of carbonyl (C=O) groups is 1. The van der Waals surface area contributed by atoms with E-state index in [1.165, 1.54) is 20.0 Å². The highest BCUT2D eigenvalue weighted by molar-refractivity contribution is 5.76. The highest BCUT2D eigenvalue weighted by Crippen LogP contribution is 2.42. The van der Waals surface area contributed by atoms with E-state index >= 15 is 0 Å². The molecule has 2 aliphatic rings. The fourth-order valence-corrected chi connectivity index (χ4v) is 3.58. The zero-order valence-electron chi connectivity index (χ0n) is 11.3. The van der Waals surface area contributed by atoms with Crippen molar-refractivity contribution in [1.29, 1.82) is 0 Å². The molecule has 6 heteroatoms. The molecule has 2 fully saturated rings. The van der Waals surface area contributed by atoms with Crippen LogP contribution < -0.4 is 0 Å². The van der Waals surface area contributed by atoms with Gasteiger partial charge >= 0.3 is 5.97 Å². The quantitative estimate of drug-likeness (QED) is 0.764. The number of hydrogen-bond donors (Lipinski definition) is 0. The first kappa shape index (κ1) is 12.6. The Kier molecular flexibility index (Phi) is 3.26. The monoisotopic (exact) mass is 265 g/mol. The van der Waals surface area contributed by atoms with Crippen molar-refractivity contribution in [3.8, 4) is 0 Å². The number of nitrogens with zero attached hydrogens (tertiary/aromatic N) is 3. The summed E-state index contributed by atoms with van der Waals surface area (Å²) in [6, 6.07) is -0.148. The number of rotatable bonds is 3. The Bertz CT molecular complexity index is 473. The van der Waals surface area contributed by atoms with Gasteiger partial charge in [-0.3, -0.25) is 9.69 Å². The third kappa shape index (κ3) is 2.25. The highest BCUT2D eigenvalue weighted by Gasteiger charge is 2.48. The number of esters is 1. The second-order valence-electron chi connectivity index (χ2n) is 5.47. The molecular weight excluding hydrogens is 246 g/mol. The zero-order chi connectivity index (χ0) is 13.4. The van der Waals surface area contributed by atoms with Gasteiger partial charge in [0.25, 0.3) is 0 Å². The van der Waals surface area contributed by atoms with Gasteiger partial charge in [0.2, 0.25) is 11.8 Å². The molecule has 0 radical (unpaired) electrons. The third-order valence-electron chi connectivity index (χ3n) is 4.33. The molecule has 1 saturated carbocycles. The molecule has 3 atom stereocenters. The molecule has 0 amide bonds. The molecule has 0 aromatic carbocycles. The molecule has 19 heavy (non-hydrogen) atoms. The SMILES string of the molecule is COC(=O)[C@@H]1[C@H]2CCC[C@@H]2CN1Cc1nnc(C)o1. The molecule has 0 N–H and O–H groups in total. The minimum absolute atomic E-state index is 0.134. The number of ether oxygens (including phenoxy) is 1. The van der Waals surface area contributed by atoms with Crippen molar-refractivity contribution in [1.82, 2.24) is 15.1 Å². The summed E-state index contributed by atoms with van der Waals surface area (Å²) in [6.45, 7) is 3.23. The maximum Gasteiger partial charge on any atom is 0.323 e. The number of likely N-dealkylation sites (tertiary alicyclic amines) is 1. The summed E-state index contributed by atoms with van der Waals surface area (Å²) in [7, 11) is 1.46. The molecule has 2 heterocycles. The lowest BCUT2D eigenvalue weighted by atomic mass is 9.94. The summed E-state index contributed by atoms with van der Waals surface area (Å²) in [5.74, 6) is 2.03. The van der Waals surface area contributed by atoms with Gasteiger partial charge < -0.3 is 9.15 Å². The first-order valence-electron chi connectivity index (χ1n) is 6.80. The van der Waals surface area contributed by atoms with Crippen LogP contribution in [0.25, 0.3) is 0 Å². The van der Waals surface area contributed by atoms with E-state index in [1.54, 1.807) is 6.92 Å². The summed E-state index contributed by atoms with van der Waals surface area (Å²) in [5.41, 5.74) is 0. The van der Waals surface area contributed by atoms with Crippen molar-refractivity contribution in [2.24, 2.45) is 11.8 Å². The van der Waals surface area contributed by atoms with Gasteiger partial charge in [0.05, 0.1) is 13.7 Å². The predicted molar refractivity (Wildman–Crippen MR) is 66.1 cm³/mol. The van der Waals surface area contributed by atoms with Crippen molar-refractivity contribution < 1.29 is 13.9 Å². The second kappa shape index (κ2) is 4.92. The Morgan fingerprint density at radius 1 is 1.47 bits per heavy atom. The molecule has 1 aromatic heterocycles. The Balaban J connectivity index is 1.77. The van der Waals surface area contributed by atoms with Crippen molar-refractivity contribution in [2.75, 3.05) is 13.7 Å². The van der Waals surface area contributed by atoms with Gasteiger partial charge in [0, 0.05) is 13.5 Å². The topological polar surface area (TPSA) is 68.5 Å². The van der Waals surface area contributed by atoms with Crippen LogP contribution in [0.2, 0.25) is 0 Å². The van der Waals surface area contributed by atoms with Crippen molar-refractivity contribution >= 4 is 5.97 Å². The van der Waals surface area contributed by atoms with Crippen molar-refractivity contribution in [2.45, 2.75) is 38.8 Å². The Morgan fingerprint density at radius 3 is 3.00 bits per heavy atom. The molecule has 0 bridgehead atoms. The molecule has 1 saturated heterocycles. The standard InChI is InChI=1S/C13H19N3O3/c1-8-14-15-11(19-8)7-16-6-9-4-3-5-10(9)12(16)13(17)18-2/h9-10,12H,3-7H2,1-2H3/t9-,10+,12+/m1/s1. The average Bonchev–Trinajstić information content (AvgIpc) is 3.05. The first-order valence-corrected chi connectivity index (χ1v) is 6.80. The number of aromatic nitrogens is 2. The fourth-order valence-electron chi connectivity index (χ4n) is 3.58. The van der Waals surface area contributed by atoms with Crippen LogP contribution in [0.15, 0.2) is 4.42 Å². The van der Waals surface area contributed by atoms with E-state index in [2.05, 4.69) is 15.1 Å². The first-order chi connectivity index (χ1) is 9.19. The Morgan fingerprint density at radius 2 is 2.32 bits per heavy atom. The van der Waals surface area contributed by atoms with E-state index < -0.39 is 0 Å². The molecular formula is C13H19N3O3. The Hall–Kier alpha value is -1.43. The van der Waals surface area contributed by atoms with Crippen LogP contribution >= 0.6 is 0 Å². The minimum atomic E-state index is -0.148. The minimum Gasteiger partial charge on any atom is -0.468 e. The largest absolute Gasteiger partial charge is 0.468 e. The number of aryl methyl sites for hydroxylation is 1. The molecule has 1 aliphatic heterocycles. The summed E-state index contributed by atoms with van der Waals surface area (Å²) in [5, 5.41) is 7.84. The lowest BCUT2D eigenvalue weighted by molar-refractivity contribution is -0.147. The van der Waals surface area contributed by atoms with Crippen molar-refractivity contribution in [3.63, 3.8) is 0 Å². The summed E-state index contributed by atoms with van der Waals surface area (Å²) < 4.78 is 10.4. The van der Waals surface area contributed by atoms with Gasteiger partial charge in [-0.15, -0.1) is 10.2 Å². The smallest absolute Gasteiger partial charge is 0.323 e. The molecule has 1 aliphatic carbocycles. The molecule has 1 aromatic rings. The van der Waals surface area contributed by atoms with Crippen LogP contribution in [0, 0.1) is 18.8 Å². The fraction of sp³-hybridized carbons (Fsp3) is 0.769. The normalized spacial score (nSPS) is 30.5. The lowest BCUT2D eigenvalue weighted by Gasteiger charge is -2.23. The van der Waals surface area contributed by atoms with Gasteiger partial charge in [-0.1, -0.05) is 6.42 Å². The van der Waals surface area contributed by atoms with E-state index in [0.717, 1.165) is 13.0 Å². The molecule has 0 unspecified atom stereocenters. The van der Waals surface area contributed by atoms with Crippen LogP contribution in [-0.2, 0) is 16.1 Å². The summed E-state index contributed by atoms with van der Waals surface area (Å²) in [6.07, 6.45) is 3.54. The van der Waals surface area contributed by atoms with Gasteiger partial charge in [0.1, 0.15) is 6.04 Å². The number of hydrogen-bond acceptors (Lipinski definition) is 6. The van der Waals surface area contributed by atoms with Crippen LogP contribution in [0.1, 0.15) is 31.0 Å². The average molecular weight is 265 g/mol. The van der Waals surface area contributed by atoms with Crippen LogP contribution in [-0.4, -0.2) is 40.8 Å². The Labute approximate surface area is 112 Å². The molecule has 0 spiro atoms. The molecule has 104 valence electrons. The van der Waals surface area contributed by atoms with Gasteiger partial charge in [-0.25, -0.2) is 0 Å². The van der Waals surface area contributed by atoms with E-state index in [0.29, 0.717) is 30.2 Å². The van der Waals surface area contributed by atoms with Gasteiger partial charge in [-0.2, -0.15) is 0 Å². The number of fused-ring (bicyclic) bond motifs is 1. The highest BCUT2D eigenvalue weighted by atomic mass is 16.5. The summed E-state index contributed by atoms with van der Waals surface area (Å²) >= 11 is 0. The number of carbonyl (C=O) groups excluding carboxylic acids is 1. The predicted octanol–water partition coefficient (Wildman–Crippen LogP) is 1.15. The van der Waals surface area contributed by atoms with Crippen LogP contribution in [0.3, 0.4) is 0 Å². The second-order valence-corrected chi connectivity index (χ2v) is 5.47. The van der Waals surface area contributed by atoms with Crippen LogP contribution in [0.5, 0.6) is 0 Å². The number of methoxy groups -OCH3 is 1. The molecule has 6 nitrogen and oxygen atoms in total. The van der Waals surface area contributed by atoms with E-state index in [-0.39, 0.29) is 12.0 Å². The molecule has 3 rings (SSSR count). The maximum atomic E-state index is 12.0. The zero-order valence-corrected chi connectivity index (χ0v) is 11.3. The van der Waals surface area contributed by atoms with E-state index in [1.807, 2.05) is 0 Å². The van der Waals surface area contributed by atoms with E-state index in [4.69, 9.17) is 9.15 Å². The van der Waals surface area contributed by atoms with Crippen molar-refractivity contribution in [3.05, 3.63) is 11.8 Å². The van der Waals surface area contributed by atoms with Gasteiger partial charge in [0.15, 0.2) is 0 Å².